The van der Waals surface area contributed by atoms with Gasteiger partial charge in [-0.1, -0.05) is 22.6 Å². The average Bonchev–Trinajstić information content (AvgIpc) is 3.64. The molecule has 0 unspecified atom stereocenters. The Kier molecular flexibility index (Phi) is 7.08. The van der Waals surface area contributed by atoms with Gasteiger partial charge in [-0.05, 0) is 68.3 Å². The molecule has 1 amide bonds. The SMILES string of the molecule is CCNC(=O)c1cc(-c2cn(-c3cccc(C(=O)O)c3C)nn2)nc(-c2cn(-c3cccc(C(=O)O)c3C)nn2)c1. The van der Waals surface area contributed by atoms with Crippen LogP contribution >= 0.6 is 0 Å². The molecule has 0 aliphatic heterocycles. The number of aromatic nitrogens is 7. The van der Waals surface area contributed by atoms with E-state index in [0.29, 0.717) is 57.4 Å². The van der Waals surface area contributed by atoms with Crippen LogP contribution in [0.5, 0.6) is 0 Å². The molecule has 5 aromatic rings. The molecule has 3 aromatic heterocycles. The molecule has 13 nitrogen and oxygen atoms in total. The standard InChI is InChI=1S/C28H24N8O5/c1-4-29-26(37)17-11-20(22-13-35(33-31-22)24-9-5-7-18(15(24)2)27(38)39)30-21(12-17)23-14-36(34-32-23)25-10-6-8-19(16(25)3)28(40)41/h5-14H,4H2,1-3H3,(H,29,37)(H,38,39)(H,40,41). The van der Waals surface area contributed by atoms with Gasteiger partial charge in [0.2, 0.25) is 0 Å². The Bertz CT molecular complexity index is 1700. The molecule has 3 N–H and O–H groups in total. The highest BCUT2D eigenvalue weighted by Crippen LogP contribution is 2.26. The molecule has 0 fully saturated rings. The van der Waals surface area contributed by atoms with Gasteiger partial charge in [0.1, 0.15) is 11.4 Å². The number of carbonyl (C=O) groups is 3. The van der Waals surface area contributed by atoms with Crippen LogP contribution < -0.4 is 5.32 Å². The number of pyridine rings is 1. The van der Waals surface area contributed by atoms with Crippen molar-refractivity contribution >= 4 is 17.8 Å². The third kappa shape index (κ3) is 5.15. The van der Waals surface area contributed by atoms with Gasteiger partial charge in [0.05, 0.1) is 46.3 Å². The predicted molar refractivity (Wildman–Crippen MR) is 146 cm³/mol. The van der Waals surface area contributed by atoms with Gasteiger partial charge in [-0.2, -0.15) is 0 Å². The Labute approximate surface area is 233 Å². The summed E-state index contributed by atoms with van der Waals surface area (Å²) >= 11 is 0. The first-order valence-electron chi connectivity index (χ1n) is 12.5. The molecule has 0 radical (unpaired) electrons. The van der Waals surface area contributed by atoms with E-state index in [1.54, 1.807) is 69.6 Å². The third-order valence-electron chi connectivity index (χ3n) is 6.50. The maximum Gasteiger partial charge on any atom is 0.336 e. The van der Waals surface area contributed by atoms with Crippen LogP contribution in [0.25, 0.3) is 34.2 Å². The fraction of sp³-hybridized carbons (Fsp3) is 0.143. The van der Waals surface area contributed by atoms with E-state index in [1.807, 2.05) is 0 Å². The van der Waals surface area contributed by atoms with Crippen LogP contribution in [0.2, 0.25) is 0 Å². The lowest BCUT2D eigenvalue weighted by Gasteiger charge is -2.08. The molecule has 0 aliphatic carbocycles. The third-order valence-corrected chi connectivity index (χ3v) is 6.50. The van der Waals surface area contributed by atoms with Crippen molar-refractivity contribution in [2.24, 2.45) is 0 Å². The van der Waals surface area contributed by atoms with E-state index in [9.17, 15) is 24.6 Å². The van der Waals surface area contributed by atoms with Gasteiger partial charge in [0, 0.05) is 12.1 Å². The monoisotopic (exact) mass is 552 g/mol. The lowest BCUT2D eigenvalue weighted by Crippen LogP contribution is -2.22. The van der Waals surface area contributed by atoms with E-state index in [0.717, 1.165) is 0 Å². The maximum atomic E-state index is 12.8. The molecule has 206 valence electrons. The highest BCUT2D eigenvalue weighted by Gasteiger charge is 2.19. The van der Waals surface area contributed by atoms with Crippen LogP contribution in [-0.4, -0.2) is 69.6 Å². The summed E-state index contributed by atoms with van der Waals surface area (Å²) in [5.74, 6) is -2.43. The van der Waals surface area contributed by atoms with Crippen LogP contribution in [-0.2, 0) is 0 Å². The fourth-order valence-electron chi connectivity index (χ4n) is 4.39. The highest BCUT2D eigenvalue weighted by atomic mass is 16.4. The molecule has 0 spiro atoms. The number of amides is 1. The van der Waals surface area contributed by atoms with Crippen molar-refractivity contribution in [2.45, 2.75) is 20.8 Å². The first-order valence-corrected chi connectivity index (χ1v) is 12.5. The molecule has 3 heterocycles. The zero-order valence-corrected chi connectivity index (χ0v) is 22.2. The van der Waals surface area contributed by atoms with Crippen LogP contribution in [0, 0.1) is 13.8 Å². The second kappa shape index (κ2) is 10.8. The second-order valence-electron chi connectivity index (χ2n) is 9.09. The summed E-state index contributed by atoms with van der Waals surface area (Å²) < 4.78 is 2.90. The summed E-state index contributed by atoms with van der Waals surface area (Å²) in [6.07, 6.45) is 3.19. The predicted octanol–water partition coefficient (Wildman–Crippen LogP) is 3.34. The number of hydrogen-bond donors (Lipinski definition) is 3. The number of hydrogen-bond acceptors (Lipinski definition) is 8. The number of carbonyl (C=O) groups excluding carboxylic acids is 1. The number of rotatable bonds is 8. The Hall–Kier alpha value is -5.72. The zero-order valence-electron chi connectivity index (χ0n) is 22.2. The van der Waals surface area contributed by atoms with E-state index >= 15 is 0 Å². The molecule has 0 bridgehead atoms. The topological polar surface area (TPSA) is 178 Å². The van der Waals surface area contributed by atoms with Crippen LogP contribution in [0.3, 0.4) is 0 Å². The van der Waals surface area contributed by atoms with E-state index < -0.39 is 11.9 Å². The lowest BCUT2D eigenvalue weighted by atomic mass is 10.1. The second-order valence-corrected chi connectivity index (χ2v) is 9.09. The molecule has 5 rings (SSSR count). The van der Waals surface area contributed by atoms with Crippen molar-refractivity contribution in [1.29, 1.82) is 0 Å². The van der Waals surface area contributed by atoms with Crippen molar-refractivity contribution in [2.75, 3.05) is 6.54 Å². The Balaban J connectivity index is 1.58. The van der Waals surface area contributed by atoms with Gasteiger partial charge >= 0.3 is 11.9 Å². The Morgan fingerprint density at radius 3 is 1.63 bits per heavy atom. The van der Waals surface area contributed by atoms with Gasteiger partial charge < -0.3 is 15.5 Å². The fourth-order valence-corrected chi connectivity index (χ4v) is 4.39. The van der Waals surface area contributed by atoms with Gasteiger partial charge in [-0.15, -0.1) is 10.2 Å². The molecule has 2 aromatic carbocycles. The number of aromatic carboxylic acids is 2. The quantitative estimate of drug-likeness (QED) is 0.259. The van der Waals surface area contributed by atoms with E-state index in [-0.39, 0.29) is 17.0 Å². The largest absolute Gasteiger partial charge is 0.478 e. The van der Waals surface area contributed by atoms with E-state index in [4.69, 9.17) is 0 Å². The summed E-state index contributed by atoms with van der Waals surface area (Å²) in [6.45, 7) is 5.59. The maximum absolute atomic E-state index is 12.8. The number of carboxylic acid groups (broad SMARTS) is 2. The molecule has 0 aliphatic rings. The summed E-state index contributed by atoms with van der Waals surface area (Å²) in [5, 5.41) is 38.5. The summed E-state index contributed by atoms with van der Waals surface area (Å²) in [5.41, 5.74) is 4.04. The molecular weight excluding hydrogens is 528 g/mol. The van der Waals surface area contributed by atoms with Crippen molar-refractivity contribution in [1.82, 2.24) is 40.3 Å². The number of benzene rings is 2. The minimum atomic E-state index is -1.05. The number of nitrogens with zero attached hydrogens (tertiary/aromatic N) is 7. The molecule has 0 saturated heterocycles. The average molecular weight is 553 g/mol. The van der Waals surface area contributed by atoms with Crippen molar-refractivity contribution in [3.8, 4) is 34.2 Å². The van der Waals surface area contributed by atoms with E-state index in [2.05, 4.69) is 30.9 Å². The Morgan fingerprint density at radius 2 is 1.22 bits per heavy atom. The van der Waals surface area contributed by atoms with Gasteiger partial charge in [-0.3, -0.25) is 4.79 Å². The van der Waals surface area contributed by atoms with Crippen LogP contribution in [0.15, 0.2) is 60.9 Å². The van der Waals surface area contributed by atoms with Crippen LogP contribution in [0.4, 0.5) is 0 Å². The van der Waals surface area contributed by atoms with E-state index in [1.165, 1.54) is 21.5 Å². The van der Waals surface area contributed by atoms with Gasteiger partial charge in [0.15, 0.2) is 0 Å². The first-order chi connectivity index (χ1) is 19.7. The number of nitrogens with one attached hydrogen (secondary N) is 1. The summed E-state index contributed by atoms with van der Waals surface area (Å²) in [6, 6.07) is 12.9. The van der Waals surface area contributed by atoms with Crippen molar-refractivity contribution < 1.29 is 24.6 Å². The molecule has 0 atom stereocenters. The minimum Gasteiger partial charge on any atom is -0.478 e. The highest BCUT2D eigenvalue weighted by molar-refractivity contribution is 5.96. The molecule has 13 heteroatoms. The van der Waals surface area contributed by atoms with Gasteiger partial charge in [0.25, 0.3) is 5.91 Å². The molecular formula is C28H24N8O5. The first kappa shape index (κ1) is 26.9. The molecule has 0 saturated carbocycles. The van der Waals surface area contributed by atoms with Gasteiger partial charge in [-0.25, -0.2) is 23.9 Å². The normalized spacial score (nSPS) is 10.9. The summed E-state index contributed by atoms with van der Waals surface area (Å²) in [7, 11) is 0. The van der Waals surface area contributed by atoms with Crippen molar-refractivity contribution in [3.05, 3.63) is 88.7 Å². The van der Waals surface area contributed by atoms with Crippen molar-refractivity contribution in [3.63, 3.8) is 0 Å². The van der Waals surface area contributed by atoms with Crippen LogP contribution in [0.1, 0.15) is 49.1 Å². The molecule has 41 heavy (non-hydrogen) atoms. The smallest absolute Gasteiger partial charge is 0.336 e. The number of carboxylic acids is 2. The summed E-state index contributed by atoms with van der Waals surface area (Å²) in [4.78, 5) is 40.7. The minimum absolute atomic E-state index is 0.144. The lowest BCUT2D eigenvalue weighted by molar-refractivity contribution is 0.0685. The Morgan fingerprint density at radius 1 is 0.756 bits per heavy atom. The zero-order chi connectivity index (χ0) is 29.3.